The molecule has 1 aromatic heterocycles. The molecular formula is C13H14BrN3O2S. The highest BCUT2D eigenvalue weighted by Gasteiger charge is 2.14. The van der Waals surface area contributed by atoms with Crippen molar-refractivity contribution in [2.75, 3.05) is 5.73 Å². The molecule has 106 valence electrons. The molecule has 0 aliphatic carbocycles. The van der Waals surface area contributed by atoms with Crippen LogP contribution in [0.5, 0.6) is 0 Å². The number of furan rings is 1. The standard InChI is InChI=1S/C13H14BrN3O2S/c1-7-10(13(18)17-16)5-9(19-7)6-20-12-3-2-8(14)4-11(12)15/h2-5H,6,15-16H2,1H3,(H,17,18). The number of amides is 1. The van der Waals surface area contributed by atoms with Gasteiger partial charge in [-0.2, -0.15) is 0 Å². The van der Waals surface area contributed by atoms with Crippen molar-refractivity contribution in [3.05, 3.63) is 45.8 Å². The summed E-state index contributed by atoms with van der Waals surface area (Å²) in [4.78, 5) is 12.5. The molecule has 1 amide bonds. The molecule has 2 rings (SSSR count). The smallest absolute Gasteiger partial charge is 0.268 e. The van der Waals surface area contributed by atoms with Crippen molar-refractivity contribution in [3.63, 3.8) is 0 Å². The molecule has 5 nitrogen and oxygen atoms in total. The Bertz CT molecular complexity index is 643. The lowest BCUT2D eigenvalue weighted by atomic mass is 10.2. The van der Waals surface area contributed by atoms with Crippen molar-refractivity contribution in [1.82, 2.24) is 5.43 Å². The summed E-state index contributed by atoms with van der Waals surface area (Å²) in [6.45, 7) is 1.73. The number of hydrazine groups is 1. The van der Waals surface area contributed by atoms with Gasteiger partial charge < -0.3 is 10.2 Å². The Hall–Kier alpha value is -1.44. The first-order valence-electron chi connectivity index (χ1n) is 5.79. The molecule has 0 radical (unpaired) electrons. The third-order valence-corrected chi connectivity index (χ3v) is 4.29. The SMILES string of the molecule is Cc1oc(CSc2ccc(Br)cc2N)cc1C(=O)NN. The summed E-state index contributed by atoms with van der Waals surface area (Å²) in [6, 6.07) is 7.41. The van der Waals surface area contributed by atoms with Crippen molar-refractivity contribution >= 4 is 39.3 Å². The van der Waals surface area contributed by atoms with Gasteiger partial charge in [0.15, 0.2) is 0 Å². The molecule has 1 aromatic carbocycles. The molecule has 0 fully saturated rings. The zero-order valence-electron chi connectivity index (χ0n) is 10.8. The van der Waals surface area contributed by atoms with Crippen LogP contribution >= 0.6 is 27.7 Å². The molecule has 0 saturated heterocycles. The summed E-state index contributed by atoms with van der Waals surface area (Å²) in [5.41, 5.74) is 9.17. The van der Waals surface area contributed by atoms with E-state index in [4.69, 9.17) is 16.0 Å². The number of benzene rings is 1. The molecule has 0 spiro atoms. The van der Waals surface area contributed by atoms with E-state index in [-0.39, 0.29) is 5.91 Å². The first-order chi connectivity index (χ1) is 9.51. The van der Waals surface area contributed by atoms with Crippen LogP contribution in [0, 0.1) is 6.92 Å². The van der Waals surface area contributed by atoms with Crippen LogP contribution in [0.1, 0.15) is 21.9 Å². The quantitative estimate of drug-likeness (QED) is 0.257. The van der Waals surface area contributed by atoms with E-state index in [1.165, 1.54) is 0 Å². The van der Waals surface area contributed by atoms with Crippen LogP contribution in [0.2, 0.25) is 0 Å². The van der Waals surface area contributed by atoms with Gasteiger partial charge in [0.25, 0.3) is 5.91 Å². The summed E-state index contributed by atoms with van der Waals surface area (Å²) in [5.74, 6) is 6.60. The Kier molecular flexibility index (Phi) is 4.74. The van der Waals surface area contributed by atoms with Crippen LogP contribution in [-0.2, 0) is 5.75 Å². The van der Waals surface area contributed by atoms with Gasteiger partial charge in [0.2, 0.25) is 0 Å². The number of rotatable bonds is 4. The van der Waals surface area contributed by atoms with Gasteiger partial charge in [-0.3, -0.25) is 10.2 Å². The van der Waals surface area contributed by atoms with Gasteiger partial charge in [0.05, 0.1) is 11.3 Å². The molecule has 0 atom stereocenters. The van der Waals surface area contributed by atoms with E-state index in [2.05, 4.69) is 21.4 Å². The van der Waals surface area contributed by atoms with E-state index in [9.17, 15) is 4.79 Å². The molecule has 1 heterocycles. The topological polar surface area (TPSA) is 94.3 Å². The normalized spacial score (nSPS) is 10.6. The second-order valence-corrected chi connectivity index (χ2v) is 6.06. The van der Waals surface area contributed by atoms with Crippen LogP contribution in [0.15, 0.2) is 38.1 Å². The molecule has 0 saturated carbocycles. The predicted molar refractivity (Wildman–Crippen MR) is 83.2 cm³/mol. The number of hydrogen-bond donors (Lipinski definition) is 3. The summed E-state index contributed by atoms with van der Waals surface area (Å²) in [5, 5.41) is 0. The van der Waals surface area contributed by atoms with E-state index in [1.807, 2.05) is 18.2 Å². The number of anilines is 1. The monoisotopic (exact) mass is 355 g/mol. The number of nitrogens with two attached hydrogens (primary N) is 2. The van der Waals surface area contributed by atoms with Gasteiger partial charge >= 0.3 is 0 Å². The lowest BCUT2D eigenvalue weighted by Crippen LogP contribution is -2.30. The summed E-state index contributed by atoms with van der Waals surface area (Å²) < 4.78 is 6.48. The molecule has 0 bridgehead atoms. The van der Waals surface area contributed by atoms with Gasteiger partial charge in [-0.05, 0) is 31.2 Å². The maximum atomic E-state index is 11.5. The van der Waals surface area contributed by atoms with E-state index < -0.39 is 0 Å². The van der Waals surface area contributed by atoms with E-state index in [0.717, 1.165) is 9.37 Å². The van der Waals surface area contributed by atoms with Gasteiger partial charge in [-0.1, -0.05) is 15.9 Å². The molecule has 2 aromatic rings. The molecule has 7 heteroatoms. The van der Waals surface area contributed by atoms with Gasteiger partial charge in [-0.15, -0.1) is 11.8 Å². The third kappa shape index (κ3) is 3.36. The lowest BCUT2D eigenvalue weighted by Gasteiger charge is -2.04. The van der Waals surface area contributed by atoms with Crippen LogP contribution in [0.3, 0.4) is 0 Å². The molecule has 0 aliphatic rings. The fourth-order valence-corrected chi connectivity index (χ4v) is 2.93. The number of carbonyl (C=O) groups excluding carboxylic acids is 1. The van der Waals surface area contributed by atoms with Crippen LogP contribution < -0.4 is 17.0 Å². The number of thioether (sulfide) groups is 1. The average Bonchev–Trinajstić information content (AvgIpc) is 2.78. The van der Waals surface area contributed by atoms with Gasteiger partial charge in [-0.25, -0.2) is 5.84 Å². The Morgan fingerprint density at radius 2 is 2.20 bits per heavy atom. The molecular weight excluding hydrogens is 342 g/mol. The zero-order chi connectivity index (χ0) is 14.7. The first kappa shape index (κ1) is 15.0. The second kappa shape index (κ2) is 6.34. The van der Waals surface area contributed by atoms with Crippen molar-refractivity contribution in [1.29, 1.82) is 0 Å². The lowest BCUT2D eigenvalue weighted by molar-refractivity contribution is 0.0952. The fourth-order valence-electron chi connectivity index (χ4n) is 1.72. The number of aryl methyl sites for hydroxylation is 1. The maximum absolute atomic E-state index is 11.5. The highest BCUT2D eigenvalue weighted by Crippen LogP contribution is 2.31. The highest BCUT2D eigenvalue weighted by molar-refractivity contribution is 9.10. The number of halogens is 1. The Morgan fingerprint density at radius 1 is 1.45 bits per heavy atom. The number of nitrogen functional groups attached to an aromatic ring is 2. The second-order valence-electron chi connectivity index (χ2n) is 4.13. The predicted octanol–water partition coefficient (Wildman–Crippen LogP) is 2.83. The van der Waals surface area contributed by atoms with E-state index >= 15 is 0 Å². The molecule has 0 unspecified atom stereocenters. The molecule has 0 aliphatic heterocycles. The van der Waals surface area contributed by atoms with Crippen molar-refractivity contribution < 1.29 is 9.21 Å². The van der Waals surface area contributed by atoms with Crippen molar-refractivity contribution in [2.45, 2.75) is 17.6 Å². The fraction of sp³-hybridized carbons (Fsp3) is 0.154. The number of nitrogens with one attached hydrogen (secondary N) is 1. The average molecular weight is 356 g/mol. The molecule has 5 N–H and O–H groups in total. The first-order valence-corrected chi connectivity index (χ1v) is 7.57. The Balaban J connectivity index is 2.09. The minimum Gasteiger partial charge on any atom is -0.465 e. The Morgan fingerprint density at radius 3 is 2.85 bits per heavy atom. The summed E-state index contributed by atoms with van der Waals surface area (Å²) in [6.07, 6.45) is 0. The van der Waals surface area contributed by atoms with Gasteiger partial charge in [0.1, 0.15) is 11.5 Å². The van der Waals surface area contributed by atoms with E-state index in [0.29, 0.717) is 28.5 Å². The minimum absolute atomic E-state index is 0.356. The van der Waals surface area contributed by atoms with Crippen molar-refractivity contribution in [2.24, 2.45) is 5.84 Å². The van der Waals surface area contributed by atoms with E-state index in [1.54, 1.807) is 24.8 Å². The van der Waals surface area contributed by atoms with Crippen LogP contribution in [0.4, 0.5) is 5.69 Å². The highest BCUT2D eigenvalue weighted by atomic mass is 79.9. The zero-order valence-corrected chi connectivity index (χ0v) is 13.2. The number of carbonyl (C=O) groups is 1. The largest absolute Gasteiger partial charge is 0.465 e. The molecule has 20 heavy (non-hydrogen) atoms. The van der Waals surface area contributed by atoms with Crippen molar-refractivity contribution in [3.8, 4) is 0 Å². The maximum Gasteiger partial charge on any atom is 0.268 e. The van der Waals surface area contributed by atoms with Crippen LogP contribution in [0.25, 0.3) is 0 Å². The number of hydrogen-bond acceptors (Lipinski definition) is 5. The minimum atomic E-state index is -0.356. The Labute approximate surface area is 129 Å². The van der Waals surface area contributed by atoms with Crippen LogP contribution in [-0.4, -0.2) is 5.91 Å². The third-order valence-electron chi connectivity index (χ3n) is 2.69. The summed E-state index contributed by atoms with van der Waals surface area (Å²) >= 11 is 4.91. The summed E-state index contributed by atoms with van der Waals surface area (Å²) in [7, 11) is 0. The van der Waals surface area contributed by atoms with Gasteiger partial charge in [0, 0.05) is 15.1 Å².